The van der Waals surface area contributed by atoms with Crippen molar-refractivity contribution in [3.63, 3.8) is 0 Å². The average molecular weight is 321 g/mol. The Bertz CT molecular complexity index is 585. The van der Waals surface area contributed by atoms with E-state index in [1.165, 1.54) is 0 Å². The van der Waals surface area contributed by atoms with E-state index < -0.39 is 9.84 Å². The molecule has 3 N–H and O–H groups in total. The van der Waals surface area contributed by atoms with Crippen molar-refractivity contribution in [1.29, 1.82) is 0 Å². The lowest BCUT2D eigenvalue weighted by Gasteiger charge is -2.22. The molecule has 6 nitrogen and oxygen atoms in total. The molecule has 2 heterocycles. The summed E-state index contributed by atoms with van der Waals surface area (Å²) in [5.41, 5.74) is 4.46. The fourth-order valence-electron chi connectivity index (χ4n) is 2.78. The zero-order valence-electron chi connectivity index (χ0n) is 11.8. The fourth-order valence-corrected chi connectivity index (χ4v) is 4.87. The summed E-state index contributed by atoms with van der Waals surface area (Å²) in [5, 5.41) is 5.02. The summed E-state index contributed by atoms with van der Waals surface area (Å²) in [4.78, 5) is 0. The van der Waals surface area contributed by atoms with Crippen LogP contribution in [0.5, 0.6) is 0 Å². The molecule has 2 rings (SSSR count). The van der Waals surface area contributed by atoms with Gasteiger partial charge in [-0.15, -0.1) is 0 Å². The molecule has 20 heavy (non-hydrogen) atoms. The molecule has 0 bridgehead atoms. The van der Waals surface area contributed by atoms with Crippen LogP contribution in [0.25, 0.3) is 0 Å². The molecule has 0 amide bonds. The predicted molar refractivity (Wildman–Crippen MR) is 79.2 cm³/mol. The van der Waals surface area contributed by atoms with Gasteiger partial charge in [0.25, 0.3) is 0 Å². The first-order chi connectivity index (χ1) is 9.38. The number of hydrazine groups is 1. The van der Waals surface area contributed by atoms with Crippen LogP contribution in [-0.4, -0.2) is 35.7 Å². The van der Waals surface area contributed by atoms with Crippen LogP contribution >= 0.6 is 11.6 Å². The molecule has 0 spiro atoms. The van der Waals surface area contributed by atoms with Crippen LogP contribution in [0.3, 0.4) is 0 Å². The highest BCUT2D eigenvalue weighted by Crippen LogP contribution is 2.27. The van der Waals surface area contributed by atoms with E-state index in [-0.39, 0.29) is 23.5 Å². The number of rotatable bonds is 5. The van der Waals surface area contributed by atoms with Gasteiger partial charge in [-0.3, -0.25) is 16.0 Å². The first kappa shape index (κ1) is 15.8. The lowest BCUT2D eigenvalue weighted by atomic mass is 9.95. The third-order valence-electron chi connectivity index (χ3n) is 3.92. The molecule has 0 radical (unpaired) electrons. The smallest absolute Gasteiger partial charge is 0.150 e. The Balaban J connectivity index is 2.19. The Kier molecular flexibility index (Phi) is 4.73. The van der Waals surface area contributed by atoms with Gasteiger partial charge in [0.15, 0.2) is 9.84 Å². The Morgan fingerprint density at radius 2 is 2.30 bits per heavy atom. The van der Waals surface area contributed by atoms with Crippen LogP contribution in [-0.2, 0) is 22.8 Å². The zero-order chi connectivity index (χ0) is 14.9. The van der Waals surface area contributed by atoms with E-state index >= 15 is 0 Å². The molecule has 1 saturated heterocycles. The summed E-state index contributed by atoms with van der Waals surface area (Å²) in [7, 11) is -2.91. The van der Waals surface area contributed by atoms with Crippen LogP contribution < -0.4 is 11.3 Å². The normalized spacial score (nSPS) is 23.1. The quantitative estimate of drug-likeness (QED) is 0.615. The predicted octanol–water partition coefficient (Wildman–Crippen LogP) is 0.674. The van der Waals surface area contributed by atoms with Crippen molar-refractivity contribution in [3.8, 4) is 0 Å². The average Bonchev–Trinajstić information content (AvgIpc) is 2.89. The summed E-state index contributed by atoms with van der Waals surface area (Å²) >= 11 is 6.29. The van der Waals surface area contributed by atoms with Gasteiger partial charge in [-0.2, -0.15) is 5.10 Å². The van der Waals surface area contributed by atoms with Crippen LogP contribution in [0.15, 0.2) is 0 Å². The number of hydrogen-bond donors (Lipinski definition) is 2. The van der Waals surface area contributed by atoms with Gasteiger partial charge in [-0.05, 0) is 26.2 Å². The van der Waals surface area contributed by atoms with Crippen LogP contribution in [0.2, 0.25) is 5.02 Å². The van der Waals surface area contributed by atoms with Gasteiger partial charge in [0.05, 0.1) is 27.9 Å². The molecule has 1 aliphatic heterocycles. The Hall–Kier alpha value is -0.630. The third-order valence-corrected chi connectivity index (χ3v) is 6.20. The first-order valence-corrected chi connectivity index (χ1v) is 8.96. The number of nitrogens with one attached hydrogen (secondary N) is 1. The van der Waals surface area contributed by atoms with Gasteiger partial charge in [0, 0.05) is 19.0 Å². The van der Waals surface area contributed by atoms with Gasteiger partial charge in [0.2, 0.25) is 0 Å². The van der Waals surface area contributed by atoms with Gasteiger partial charge >= 0.3 is 0 Å². The highest BCUT2D eigenvalue weighted by molar-refractivity contribution is 7.91. The number of sulfone groups is 1. The molecule has 1 fully saturated rings. The van der Waals surface area contributed by atoms with E-state index in [2.05, 4.69) is 10.5 Å². The van der Waals surface area contributed by atoms with Crippen molar-refractivity contribution in [3.05, 3.63) is 16.4 Å². The highest BCUT2D eigenvalue weighted by atomic mass is 35.5. The molecular formula is C12H21ClN4O2S. The minimum atomic E-state index is -2.91. The highest BCUT2D eigenvalue weighted by Gasteiger charge is 2.34. The van der Waals surface area contributed by atoms with E-state index in [0.29, 0.717) is 17.9 Å². The summed E-state index contributed by atoms with van der Waals surface area (Å²) in [6, 6.07) is -0.105. The van der Waals surface area contributed by atoms with E-state index in [4.69, 9.17) is 17.4 Å². The molecule has 0 saturated carbocycles. The second-order valence-corrected chi connectivity index (χ2v) is 7.91. The molecule has 8 heteroatoms. The maximum atomic E-state index is 11.6. The van der Waals surface area contributed by atoms with Gasteiger partial charge in [-0.1, -0.05) is 11.6 Å². The molecule has 2 atom stereocenters. The molecule has 2 unspecified atom stereocenters. The number of nitrogens with two attached hydrogens (primary N) is 1. The third kappa shape index (κ3) is 3.16. The Morgan fingerprint density at radius 3 is 2.80 bits per heavy atom. The van der Waals surface area contributed by atoms with Crippen LogP contribution in [0, 0.1) is 12.8 Å². The Labute approximate surface area is 124 Å². The summed E-state index contributed by atoms with van der Waals surface area (Å²) in [6.07, 6.45) is 1.23. The second kappa shape index (κ2) is 6.01. The van der Waals surface area contributed by atoms with Crippen molar-refractivity contribution in [2.24, 2.45) is 11.8 Å². The SMILES string of the molecule is CCn1nc(C)c(Cl)c1CC(NN)C1CCS(=O)(=O)C1. The molecule has 1 aromatic rings. The lowest BCUT2D eigenvalue weighted by molar-refractivity contribution is 0.376. The summed E-state index contributed by atoms with van der Waals surface area (Å²) in [5.74, 6) is 6.09. The van der Waals surface area contributed by atoms with Crippen molar-refractivity contribution in [2.45, 2.75) is 39.3 Å². The second-order valence-electron chi connectivity index (χ2n) is 5.30. The zero-order valence-corrected chi connectivity index (χ0v) is 13.3. The van der Waals surface area contributed by atoms with Crippen molar-refractivity contribution >= 4 is 21.4 Å². The molecule has 0 aromatic carbocycles. The number of nitrogens with zero attached hydrogens (tertiary/aromatic N) is 2. The van der Waals surface area contributed by atoms with E-state index in [1.54, 1.807) is 0 Å². The monoisotopic (exact) mass is 320 g/mol. The van der Waals surface area contributed by atoms with Gasteiger partial charge in [-0.25, -0.2) is 8.42 Å². The fraction of sp³-hybridized carbons (Fsp3) is 0.750. The van der Waals surface area contributed by atoms with Gasteiger partial charge < -0.3 is 0 Å². The van der Waals surface area contributed by atoms with Crippen molar-refractivity contribution < 1.29 is 8.42 Å². The van der Waals surface area contributed by atoms with E-state index in [1.807, 2.05) is 18.5 Å². The number of aromatic nitrogens is 2. The molecular weight excluding hydrogens is 300 g/mol. The minimum absolute atomic E-state index is 0.0292. The maximum Gasteiger partial charge on any atom is 0.150 e. The standard InChI is InChI=1S/C12H21ClN4O2S/c1-3-17-11(12(13)8(2)16-17)6-10(15-14)9-4-5-20(18,19)7-9/h9-10,15H,3-7,14H2,1-2H3. The topological polar surface area (TPSA) is 90.0 Å². The molecule has 1 aliphatic rings. The van der Waals surface area contributed by atoms with E-state index in [9.17, 15) is 8.42 Å². The van der Waals surface area contributed by atoms with Gasteiger partial charge in [0.1, 0.15) is 0 Å². The summed E-state index contributed by atoms with van der Waals surface area (Å²) < 4.78 is 25.0. The van der Waals surface area contributed by atoms with Crippen LogP contribution in [0.4, 0.5) is 0 Å². The lowest BCUT2D eigenvalue weighted by Crippen LogP contribution is -2.43. The number of aryl methyl sites for hydroxylation is 2. The molecule has 0 aliphatic carbocycles. The Morgan fingerprint density at radius 1 is 1.60 bits per heavy atom. The largest absolute Gasteiger partial charge is 0.271 e. The van der Waals surface area contributed by atoms with E-state index in [0.717, 1.165) is 17.9 Å². The number of halogens is 1. The maximum absolute atomic E-state index is 11.6. The van der Waals surface area contributed by atoms with Crippen molar-refractivity contribution in [1.82, 2.24) is 15.2 Å². The molecule has 114 valence electrons. The van der Waals surface area contributed by atoms with Crippen molar-refractivity contribution in [2.75, 3.05) is 11.5 Å². The van der Waals surface area contributed by atoms with Crippen LogP contribution in [0.1, 0.15) is 24.7 Å². The first-order valence-electron chi connectivity index (χ1n) is 6.76. The molecule has 1 aromatic heterocycles. The minimum Gasteiger partial charge on any atom is -0.271 e. The number of hydrogen-bond acceptors (Lipinski definition) is 5. The summed E-state index contributed by atoms with van der Waals surface area (Å²) in [6.45, 7) is 4.59.